The molecule has 0 atom stereocenters. The van der Waals surface area contributed by atoms with Gasteiger partial charge in [0.1, 0.15) is 5.82 Å². The van der Waals surface area contributed by atoms with Crippen molar-refractivity contribution in [2.24, 2.45) is 0 Å². The molecule has 104 valence electrons. The number of hydrogen-bond donors (Lipinski definition) is 3. The Morgan fingerprint density at radius 3 is 2.55 bits per heavy atom. The maximum absolute atomic E-state index is 11.4. The minimum absolute atomic E-state index is 0.261. The lowest BCUT2D eigenvalue weighted by Gasteiger charge is -2.11. The summed E-state index contributed by atoms with van der Waals surface area (Å²) in [4.78, 5) is 22.5. The minimum Gasteiger partial charge on any atom is -0.331 e. The molecule has 3 N–H and O–H groups in total. The van der Waals surface area contributed by atoms with E-state index in [1.54, 1.807) is 0 Å². The lowest BCUT2D eigenvalue weighted by molar-refractivity contribution is -0.114. The molecule has 1 heterocycles. The van der Waals surface area contributed by atoms with E-state index in [-0.39, 0.29) is 16.6 Å². The van der Waals surface area contributed by atoms with Crippen molar-refractivity contribution in [3.63, 3.8) is 0 Å². The molecule has 0 bridgehead atoms. The standard InChI is InChI=1S/C12H11IN4O2S/c1-7(18)14-10-6-11(19)16-17(10)12(20)15-9-4-2-8(13)3-5-9/h2-6H,1H3,(H,14,18)(H,15,20)(H,16,19). The van der Waals surface area contributed by atoms with E-state index in [2.05, 4.69) is 38.3 Å². The summed E-state index contributed by atoms with van der Waals surface area (Å²) < 4.78 is 2.42. The Bertz CT molecular complexity index is 705. The molecule has 1 amide bonds. The van der Waals surface area contributed by atoms with E-state index in [9.17, 15) is 9.59 Å². The first-order chi connectivity index (χ1) is 9.45. The summed E-state index contributed by atoms with van der Waals surface area (Å²) in [7, 11) is 0. The molecule has 0 aliphatic rings. The van der Waals surface area contributed by atoms with Crippen LogP contribution in [0.2, 0.25) is 0 Å². The highest BCUT2D eigenvalue weighted by Gasteiger charge is 2.10. The first-order valence-corrected chi connectivity index (χ1v) is 7.11. The van der Waals surface area contributed by atoms with Crippen LogP contribution in [0.5, 0.6) is 0 Å². The van der Waals surface area contributed by atoms with Gasteiger partial charge in [0.15, 0.2) is 5.11 Å². The van der Waals surface area contributed by atoms with E-state index in [4.69, 9.17) is 12.2 Å². The number of carbonyl (C=O) groups is 1. The van der Waals surface area contributed by atoms with Gasteiger partial charge in [-0.3, -0.25) is 14.7 Å². The van der Waals surface area contributed by atoms with Crippen LogP contribution in [0.1, 0.15) is 6.92 Å². The Hall–Kier alpha value is -1.68. The van der Waals surface area contributed by atoms with Gasteiger partial charge in [0, 0.05) is 22.2 Å². The first kappa shape index (κ1) is 14.7. The van der Waals surface area contributed by atoms with Crippen LogP contribution in [-0.2, 0) is 4.79 Å². The highest BCUT2D eigenvalue weighted by Crippen LogP contribution is 2.12. The number of aromatic nitrogens is 2. The van der Waals surface area contributed by atoms with Crippen molar-refractivity contribution in [2.45, 2.75) is 6.92 Å². The number of nitrogens with zero attached hydrogens (tertiary/aromatic N) is 1. The molecule has 0 fully saturated rings. The molecule has 0 saturated heterocycles. The first-order valence-electron chi connectivity index (χ1n) is 5.62. The molecule has 0 saturated carbocycles. The zero-order valence-corrected chi connectivity index (χ0v) is 13.4. The SMILES string of the molecule is CC(=O)Nc1cc(=O)[nH]n1C(=S)Nc1ccc(I)cc1. The van der Waals surface area contributed by atoms with Crippen LogP contribution in [0.25, 0.3) is 0 Å². The number of thiocarbonyl (C=S) groups is 1. The second-order valence-electron chi connectivity index (χ2n) is 3.96. The second-order valence-corrected chi connectivity index (χ2v) is 5.59. The lowest BCUT2D eigenvalue weighted by Crippen LogP contribution is -2.24. The average Bonchev–Trinajstić information content (AvgIpc) is 2.72. The quantitative estimate of drug-likeness (QED) is 0.531. The summed E-state index contributed by atoms with van der Waals surface area (Å²) in [6.45, 7) is 1.36. The fraction of sp³-hybridized carbons (Fsp3) is 0.0833. The van der Waals surface area contributed by atoms with Crippen LogP contribution in [-0.4, -0.2) is 20.8 Å². The number of aromatic amines is 1. The third kappa shape index (κ3) is 3.67. The van der Waals surface area contributed by atoms with Gasteiger partial charge >= 0.3 is 0 Å². The molecule has 6 nitrogen and oxygen atoms in total. The number of halogens is 1. The van der Waals surface area contributed by atoms with E-state index in [0.717, 1.165) is 9.26 Å². The smallest absolute Gasteiger partial charge is 0.266 e. The fourth-order valence-electron chi connectivity index (χ4n) is 1.54. The topological polar surface area (TPSA) is 78.9 Å². The molecule has 0 aliphatic heterocycles. The normalized spacial score (nSPS) is 10.1. The van der Waals surface area contributed by atoms with Crippen molar-refractivity contribution in [1.29, 1.82) is 0 Å². The number of benzene rings is 1. The van der Waals surface area contributed by atoms with Crippen molar-refractivity contribution in [1.82, 2.24) is 9.78 Å². The van der Waals surface area contributed by atoms with Gasteiger partial charge in [0.05, 0.1) is 0 Å². The lowest BCUT2D eigenvalue weighted by atomic mass is 10.3. The summed E-state index contributed by atoms with van der Waals surface area (Å²) in [6, 6.07) is 8.86. The minimum atomic E-state index is -0.347. The number of carbonyl (C=O) groups excluding carboxylic acids is 1. The van der Waals surface area contributed by atoms with Gasteiger partial charge in [-0.15, -0.1) is 0 Å². The third-order valence-corrected chi connectivity index (χ3v) is 3.34. The maximum Gasteiger partial charge on any atom is 0.266 e. The number of hydrogen-bond acceptors (Lipinski definition) is 3. The van der Waals surface area contributed by atoms with Gasteiger partial charge in [0.2, 0.25) is 5.91 Å². The van der Waals surface area contributed by atoms with Crippen molar-refractivity contribution in [3.8, 4) is 0 Å². The molecule has 20 heavy (non-hydrogen) atoms. The van der Waals surface area contributed by atoms with Crippen LogP contribution in [0.4, 0.5) is 11.5 Å². The van der Waals surface area contributed by atoms with E-state index >= 15 is 0 Å². The average molecular weight is 402 g/mol. The van der Waals surface area contributed by atoms with E-state index < -0.39 is 0 Å². The van der Waals surface area contributed by atoms with E-state index in [1.165, 1.54) is 17.7 Å². The molecule has 0 unspecified atom stereocenters. The highest BCUT2D eigenvalue weighted by atomic mass is 127. The zero-order valence-electron chi connectivity index (χ0n) is 10.4. The Morgan fingerprint density at radius 1 is 1.30 bits per heavy atom. The van der Waals surface area contributed by atoms with Crippen LogP contribution < -0.4 is 16.2 Å². The Kier molecular flexibility index (Phi) is 4.55. The third-order valence-electron chi connectivity index (χ3n) is 2.33. The highest BCUT2D eigenvalue weighted by molar-refractivity contribution is 14.1. The number of amides is 1. The van der Waals surface area contributed by atoms with Gasteiger partial charge in [0.25, 0.3) is 5.56 Å². The largest absolute Gasteiger partial charge is 0.331 e. The maximum atomic E-state index is 11.4. The molecule has 0 spiro atoms. The van der Waals surface area contributed by atoms with Gasteiger partial charge in [-0.25, -0.2) is 4.68 Å². The summed E-state index contributed by atoms with van der Waals surface area (Å²) in [5, 5.41) is 8.30. The number of anilines is 2. The summed E-state index contributed by atoms with van der Waals surface area (Å²) in [6.07, 6.45) is 0. The molecule has 2 rings (SSSR count). The van der Waals surface area contributed by atoms with Crippen LogP contribution >= 0.6 is 34.8 Å². The van der Waals surface area contributed by atoms with Crippen LogP contribution in [0, 0.1) is 3.57 Å². The predicted octanol–water partition coefficient (Wildman–Crippen LogP) is 1.98. The molecule has 0 radical (unpaired) electrons. The van der Waals surface area contributed by atoms with Crippen molar-refractivity contribution >= 4 is 57.3 Å². The van der Waals surface area contributed by atoms with Gasteiger partial charge in [-0.2, -0.15) is 0 Å². The van der Waals surface area contributed by atoms with E-state index in [0.29, 0.717) is 5.82 Å². The summed E-state index contributed by atoms with van der Waals surface area (Å²) in [5.41, 5.74) is 0.444. The molecule has 0 aliphatic carbocycles. The fourth-order valence-corrected chi connectivity index (χ4v) is 2.16. The molecule has 2 aromatic rings. The van der Waals surface area contributed by atoms with Crippen molar-refractivity contribution in [3.05, 3.63) is 44.3 Å². The Balaban J connectivity index is 2.22. The van der Waals surface area contributed by atoms with Gasteiger partial charge in [-0.05, 0) is 59.1 Å². The van der Waals surface area contributed by atoms with Gasteiger partial charge in [-0.1, -0.05) is 0 Å². The zero-order chi connectivity index (χ0) is 14.7. The Labute approximate surface area is 133 Å². The molecular formula is C12H11IN4O2S. The van der Waals surface area contributed by atoms with Gasteiger partial charge < -0.3 is 10.6 Å². The van der Waals surface area contributed by atoms with Crippen LogP contribution in [0.15, 0.2) is 35.1 Å². The molecular weight excluding hydrogens is 391 g/mol. The van der Waals surface area contributed by atoms with E-state index in [1.807, 2.05) is 24.3 Å². The summed E-state index contributed by atoms with van der Waals surface area (Å²) >= 11 is 7.42. The van der Waals surface area contributed by atoms with Crippen LogP contribution in [0.3, 0.4) is 0 Å². The Morgan fingerprint density at radius 2 is 1.95 bits per heavy atom. The van der Waals surface area contributed by atoms with Crippen molar-refractivity contribution in [2.75, 3.05) is 10.6 Å². The number of H-pyrrole nitrogens is 1. The number of rotatable bonds is 2. The molecule has 8 heteroatoms. The number of nitrogens with one attached hydrogen (secondary N) is 3. The summed E-state index contributed by atoms with van der Waals surface area (Å²) in [5.74, 6) is 0.0142. The predicted molar refractivity (Wildman–Crippen MR) is 90.1 cm³/mol. The molecule has 1 aromatic carbocycles. The molecule has 1 aromatic heterocycles. The monoisotopic (exact) mass is 402 g/mol. The van der Waals surface area contributed by atoms with Crippen molar-refractivity contribution < 1.29 is 4.79 Å². The second kappa shape index (κ2) is 6.18.